The first-order valence-electron chi connectivity index (χ1n) is 7.86. The van der Waals surface area contributed by atoms with Crippen LogP contribution in [0.5, 0.6) is 0 Å². The average Bonchev–Trinajstić information content (AvgIpc) is 2.59. The van der Waals surface area contributed by atoms with E-state index in [0.717, 1.165) is 18.2 Å². The zero-order valence-corrected chi connectivity index (χ0v) is 14.1. The second-order valence-electron chi connectivity index (χ2n) is 5.77. The zero-order valence-electron chi connectivity index (χ0n) is 14.1. The Hall–Kier alpha value is -3.04. The summed E-state index contributed by atoms with van der Waals surface area (Å²) in [6.45, 7) is -1.54. The Kier molecular flexibility index (Phi) is 6.32. The summed E-state index contributed by atoms with van der Waals surface area (Å²) in [7, 11) is 0. The SMILES string of the molecule is O=C(Cc1cccc(C(F)(F)F)c1)Nc1ccccc1C(=O)NCC(F)(F)F. The second kappa shape index (κ2) is 8.32. The highest BCUT2D eigenvalue weighted by atomic mass is 19.4. The molecule has 10 heteroatoms. The molecule has 0 unspecified atom stereocenters. The fraction of sp³-hybridized carbons (Fsp3) is 0.222. The molecule has 28 heavy (non-hydrogen) atoms. The third kappa shape index (κ3) is 6.29. The lowest BCUT2D eigenvalue weighted by Crippen LogP contribution is -2.34. The summed E-state index contributed by atoms with van der Waals surface area (Å²) in [5.74, 6) is -1.78. The highest BCUT2D eigenvalue weighted by Crippen LogP contribution is 2.29. The Balaban J connectivity index is 2.10. The standard InChI is InChI=1S/C18H14F6N2O2/c19-17(20,21)10-25-16(28)13-6-1-2-7-14(13)26-15(27)9-11-4-3-5-12(8-11)18(22,23)24/h1-8H,9-10H2,(H,25,28)(H,26,27). The Labute approximate surface area is 155 Å². The lowest BCUT2D eigenvalue weighted by Gasteiger charge is -2.13. The van der Waals surface area contributed by atoms with Crippen molar-refractivity contribution >= 4 is 17.5 Å². The third-order valence-electron chi connectivity index (χ3n) is 3.51. The van der Waals surface area contributed by atoms with Crippen molar-refractivity contribution in [1.29, 1.82) is 0 Å². The summed E-state index contributed by atoms with van der Waals surface area (Å²) in [5, 5.41) is 4.02. The molecule has 0 bridgehead atoms. The highest BCUT2D eigenvalue weighted by Gasteiger charge is 2.30. The Morgan fingerprint density at radius 2 is 1.57 bits per heavy atom. The van der Waals surface area contributed by atoms with Crippen molar-refractivity contribution in [3.05, 3.63) is 65.2 Å². The normalized spacial score (nSPS) is 11.8. The Morgan fingerprint density at radius 1 is 0.893 bits per heavy atom. The number of amides is 2. The molecule has 0 heterocycles. The van der Waals surface area contributed by atoms with Gasteiger partial charge < -0.3 is 10.6 Å². The van der Waals surface area contributed by atoms with Gasteiger partial charge in [-0.15, -0.1) is 0 Å². The van der Waals surface area contributed by atoms with E-state index >= 15 is 0 Å². The molecular formula is C18H14F6N2O2. The number of carbonyl (C=O) groups is 2. The number of carbonyl (C=O) groups excluding carboxylic acids is 2. The summed E-state index contributed by atoms with van der Waals surface area (Å²) in [5.41, 5.74) is -1.08. The quantitative estimate of drug-likeness (QED) is 0.735. The molecule has 0 saturated carbocycles. The first-order valence-corrected chi connectivity index (χ1v) is 7.86. The van der Waals surface area contributed by atoms with Gasteiger partial charge in [0.1, 0.15) is 6.54 Å². The van der Waals surface area contributed by atoms with Crippen molar-refractivity contribution in [1.82, 2.24) is 5.32 Å². The first kappa shape index (κ1) is 21.3. The fourth-order valence-corrected chi connectivity index (χ4v) is 2.30. The van der Waals surface area contributed by atoms with Gasteiger partial charge in [-0.05, 0) is 23.8 Å². The van der Waals surface area contributed by atoms with E-state index in [4.69, 9.17) is 0 Å². The van der Waals surface area contributed by atoms with Gasteiger partial charge >= 0.3 is 12.4 Å². The molecule has 0 saturated heterocycles. The third-order valence-corrected chi connectivity index (χ3v) is 3.51. The molecule has 2 N–H and O–H groups in total. The van der Waals surface area contributed by atoms with E-state index < -0.39 is 42.7 Å². The van der Waals surface area contributed by atoms with E-state index in [0.29, 0.717) is 0 Å². The number of rotatable bonds is 5. The Bertz CT molecular complexity index is 862. The number of nitrogens with one attached hydrogen (secondary N) is 2. The van der Waals surface area contributed by atoms with Gasteiger partial charge in [0.15, 0.2) is 0 Å². The van der Waals surface area contributed by atoms with Crippen molar-refractivity contribution in [2.24, 2.45) is 0 Å². The molecule has 0 atom stereocenters. The fourth-order valence-electron chi connectivity index (χ4n) is 2.30. The molecule has 0 aliphatic rings. The zero-order chi connectivity index (χ0) is 20.9. The van der Waals surface area contributed by atoms with E-state index in [9.17, 15) is 35.9 Å². The molecule has 0 spiro atoms. The van der Waals surface area contributed by atoms with Gasteiger partial charge in [-0.3, -0.25) is 9.59 Å². The minimum Gasteiger partial charge on any atom is -0.343 e. The van der Waals surface area contributed by atoms with Gasteiger partial charge in [-0.2, -0.15) is 26.3 Å². The molecule has 0 fully saturated rings. The van der Waals surface area contributed by atoms with Crippen molar-refractivity contribution in [2.45, 2.75) is 18.8 Å². The molecule has 0 aliphatic carbocycles. The maximum Gasteiger partial charge on any atom is 0.416 e. The maximum absolute atomic E-state index is 12.7. The van der Waals surface area contributed by atoms with Crippen LogP contribution in [0.2, 0.25) is 0 Å². The van der Waals surface area contributed by atoms with Crippen LogP contribution in [0.25, 0.3) is 0 Å². The van der Waals surface area contributed by atoms with Crippen LogP contribution in [0.1, 0.15) is 21.5 Å². The summed E-state index contributed by atoms with van der Waals surface area (Å²) in [6, 6.07) is 9.52. The van der Waals surface area contributed by atoms with Gasteiger partial charge in [0.05, 0.1) is 23.2 Å². The maximum atomic E-state index is 12.7. The molecule has 2 rings (SSSR count). The molecule has 0 radical (unpaired) electrons. The Morgan fingerprint density at radius 3 is 2.21 bits per heavy atom. The van der Waals surface area contributed by atoms with Crippen LogP contribution >= 0.6 is 0 Å². The van der Waals surface area contributed by atoms with Crippen LogP contribution in [0.3, 0.4) is 0 Å². The molecular weight excluding hydrogens is 390 g/mol. The minimum atomic E-state index is -4.60. The van der Waals surface area contributed by atoms with E-state index in [1.165, 1.54) is 30.3 Å². The molecule has 2 aromatic carbocycles. The van der Waals surface area contributed by atoms with Crippen molar-refractivity contribution in [3.8, 4) is 0 Å². The second-order valence-corrected chi connectivity index (χ2v) is 5.77. The number of hydrogen-bond acceptors (Lipinski definition) is 2. The number of hydrogen-bond donors (Lipinski definition) is 2. The van der Waals surface area contributed by atoms with E-state index in [2.05, 4.69) is 5.32 Å². The van der Waals surface area contributed by atoms with Crippen LogP contribution in [-0.2, 0) is 17.4 Å². The van der Waals surface area contributed by atoms with Crippen LogP contribution < -0.4 is 10.6 Å². The molecule has 0 aromatic heterocycles. The van der Waals surface area contributed by atoms with Gasteiger partial charge in [-0.25, -0.2) is 0 Å². The van der Waals surface area contributed by atoms with Crippen molar-refractivity contribution < 1.29 is 35.9 Å². The van der Waals surface area contributed by atoms with Crippen molar-refractivity contribution in [2.75, 3.05) is 11.9 Å². The average molecular weight is 404 g/mol. The highest BCUT2D eigenvalue weighted by molar-refractivity contribution is 6.04. The largest absolute Gasteiger partial charge is 0.416 e. The predicted octanol–water partition coefficient (Wildman–Crippen LogP) is 4.18. The smallest absolute Gasteiger partial charge is 0.343 e. The molecule has 0 aliphatic heterocycles. The lowest BCUT2D eigenvalue weighted by atomic mass is 10.1. The monoisotopic (exact) mass is 404 g/mol. The van der Waals surface area contributed by atoms with Crippen LogP contribution in [0.15, 0.2) is 48.5 Å². The van der Waals surface area contributed by atoms with E-state index in [1.54, 1.807) is 5.32 Å². The number of anilines is 1. The minimum absolute atomic E-state index is 0.0563. The topological polar surface area (TPSA) is 58.2 Å². The van der Waals surface area contributed by atoms with Crippen LogP contribution in [-0.4, -0.2) is 24.5 Å². The summed E-state index contributed by atoms with van der Waals surface area (Å²) in [4.78, 5) is 24.1. The summed E-state index contributed by atoms with van der Waals surface area (Å²) >= 11 is 0. The predicted molar refractivity (Wildman–Crippen MR) is 88.6 cm³/mol. The number of benzene rings is 2. The van der Waals surface area contributed by atoms with Crippen molar-refractivity contribution in [3.63, 3.8) is 0 Å². The number of halogens is 6. The number of alkyl halides is 6. The van der Waals surface area contributed by atoms with Gasteiger partial charge in [0, 0.05) is 0 Å². The first-order chi connectivity index (χ1) is 13.0. The summed E-state index contributed by atoms with van der Waals surface area (Å²) < 4.78 is 74.9. The molecule has 2 amide bonds. The summed E-state index contributed by atoms with van der Waals surface area (Å²) in [6.07, 6.45) is -9.57. The van der Waals surface area contributed by atoms with E-state index in [-0.39, 0.29) is 16.8 Å². The van der Waals surface area contributed by atoms with Gasteiger partial charge in [0.25, 0.3) is 5.91 Å². The molecule has 2 aromatic rings. The number of para-hydroxylation sites is 1. The van der Waals surface area contributed by atoms with E-state index in [1.807, 2.05) is 0 Å². The molecule has 150 valence electrons. The van der Waals surface area contributed by atoms with Crippen LogP contribution in [0.4, 0.5) is 32.0 Å². The van der Waals surface area contributed by atoms with Crippen LogP contribution in [0, 0.1) is 0 Å². The van der Waals surface area contributed by atoms with Gasteiger partial charge in [-0.1, -0.05) is 30.3 Å². The lowest BCUT2D eigenvalue weighted by molar-refractivity contribution is -0.137. The molecule has 4 nitrogen and oxygen atoms in total. The van der Waals surface area contributed by atoms with Gasteiger partial charge in [0.2, 0.25) is 5.91 Å².